The Hall–Kier alpha value is -0.893. The van der Waals surface area contributed by atoms with Gasteiger partial charge in [0, 0.05) is 19.9 Å². The number of carbonyl (C=O) groups is 1. The molecule has 0 saturated heterocycles. The van der Waals surface area contributed by atoms with Crippen molar-refractivity contribution in [2.45, 2.75) is 65.2 Å². The highest BCUT2D eigenvalue weighted by atomic mass is 28.3. The second-order valence-electron chi connectivity index (χ2n) is 7.96. The summed E-state index contributed by atoms with van der Waals surface area (Å²) in [5, 5.41) is 0. The maximum atomic E-state index is 12.2. The number of carbonyl (C=O) groups excluding carboxylic acids is 1. The van der Waals surface area contributed by atoms with E-state index in [4.69, 9.17) is 0 Å². The van der Waals surface area contributed by atoms with Gasteiger partial charge in [0.25, 0.3) is 0 Å². The van der Waals surface area contributed by atoms with E-state index < -0.39 is 8.07 Å². The molecular weight excluding hydrogens is 260 g/mol. The van der Waals surface area contributed by atoms with Crippen molar-refractivity contribution in [3.05, 3.63) is 35.9 Å². The van der Waals surface area contributed by atoms with Crippen LogP contribution < -0.4 is 0 Å². The SMILES string of the molecule is CC(C)(C)C(=O)CCC(Cc1ccccc1)[Si](C)(C)C. The van der Waals surface area contributed by atoms with Crippen molar-refractivity contribution in [1.82, 2.24) is 0 Å². The monoisotopic (exact) mass is 290 g/mol. The van der Waals surface area contributed by atoms with Crippen LogP contribution in [0.5, 0.6) is 0 Å². The molecule has 0 heterocycles. The summed E-state index contributed by atoms with van der Waals surface area (Å²) in [5.41, 5.74) is 1.89. The molecule has 1 nitrogen and oxygen atoms in total. The third-order valence-corrected chi connectivity index (χ3v) is 7.05. The molecule has 0 aliphatic rings. The Balaban J connectivity index is 2.70. The molecule has 0 aliphatic heterocycles. The fraction of sp³-hybridized carbons (Fsp3) is 0.611. The van der Waals surface area contributed by atoms with Crippen LogP contribution in [0.25, 0.3) is 0 Å². The molecule has 0 bridgehead atoms. The highest BCUT2D eigenvalue weighted by Gasteiger charge is 2.29. The fourth-order valence-corrected chi connectivity index (χ4v) is 4.28. The van der Waals surface area contributed by atoms with E-state index in [0.717, 1.165) is 19.3 Å². The van der Waals surface area contributed by atoms with Crippen molar-refractivity contribution in [2.24, 2.45) is 5.41 Å². The number of Topliss-reactive ketones (excluding diaryl/α,β-unsaturated/α-hetero) is 1. The van der Waals surface area contributed by atoms with Crippen molar-refractivity contribution in [1.29, 1.82) is 0 Å². The van der Waals surface area contributed by atoms with Crippen LogP contribution >= 0.6 is 0 Å². The van der Waals surface area contributed by atoms with E-state index in [9.17, 15) is 4.79 Å². The van der Waals surface area contributed by atoms with Gasteiger partial charge in [0.15, 0.2) is 0 Å². The molecule has 0 N–H and O–H groups in total. The first-order valence-electron chi connectivity index (χ1n) is 7.68. The second-order valence-corrected chi connectivity index (χ2v) is 13.5. The van der Waals surface area contributed by atoms with Gasteiger partial charge in [-0.05, 0) is 23.9 Å². The van der Waals surface area contributed by atoms with Crippen LogP contribution in [-0.2, 0) is 11.2 Å². The predicted molar refractivity (Wildman–Crippen MR) is 90.9 cm³/mol. The lowest BCUT2D eigenvalue weighted by Gasteiger charge is -2.30. The highest BCUT2D eigenvalue weighted by molar-refractivity contribution is 6.77. The van der Waals surface area contributed by atoms with E-state index in [0.29, 0.717) is 11.3 Å². The summed E-state index contributed by atoms with van der Waals surface area (Å²) in [6, 6.07) is 10.7. The Labute approximate surface area is 125 Å². The molecule has 0 fully saturated rings. The van der Waals surface area contributed by atoms with Crippen molar-refractivity contribution < 1.29 is 4.79 Å². The van der Waals surface area contributed by atoms with Crippen LogP contribution in [-0.4, -0.2) is 13.9 Å². The van der Waals surface area contributed by atoms with Gasteiger partial charge in [-0.3, -0.25) is 4.79 Å². The molecule has 20 heavy (non-hydrogen) atoms. The van der Waals surface area contributed by atoms with E-state index in [1.165, 1.54) is 5.56 Å². The molecule has 0 spiro atoms. The molecule has 2 heteroatoms. The van der Waals surface area contributed by atoms with Crippen LogP contribution in [0.4, 0.5) is 0 Å². The van der Waals surface area contributed by atoms with Gasteiger partial charge in [0.1, 0.15) is 5.78 Å². The van der Waals surface area contributed by atoms with E-state index >= 15 is 0 Å². The van der Waals surface area contributed by atoms with Gasteiger partial charge in [-0.15, -0.1) is 0 Å². The Morgan fingerprint density at radius 2 is 1.65 bits per heavy atom. The summed E-state index contributed by atoms with van der Waals surface area (Å²) in [6.07, 6.45) is 2.89. The van der Waals surface area contributed by atoms with Gasteiger partial charge >= 0.3 is 0 Å². The molecule has 0 radical (unpaired) electrons. The lowest BCUT2D eigenvalue weighted by Crippen LogP contribution is -2.31. The zero-order valence-electron chi connectivity index (χ0n) is 14.0. The summed E-state index contributed by atoms with van der Waals surface area (Å²) in [5.74, 6) is 0.397. The maximum absolute atomic E-state index is 12.2. The van der Waals surface area contributed by atoms with Gasteiger partial charge in [-0.25, -0.2) is 0 Å². The quantitative estimate of drug-likeness (QED) is 0.647. The number of hydrogen-bond donors (Lipinski definition) is 0. The number of hydrogen-bond acceptors (Lipinski definition) is 1. The molecule has 1 atom stereocenters. The average molecular weight is 291 g/mol. The van der Waals surface area contributed by atoms with Crippen molar-refractivity contribution >= 4 is 13.9 Å². The molecule has 0 amide bonds. The number of benzene rings is 1. The summed E-state index contributed by atoms with van der Waals surface area (Å²) >= 11 is 0. The fourth-order valence-electron chi connectivity index (χ4n) is 2.42. The van der Waals surface area contributed by atoms with E-state index in [2.05, 4.69) is 50.0 Å². The molecular formula is C18H30OSi. The first-order valence-corrected chi connectivity index (χ1v) is 11.3. The summed E-state index contributed by atoms with van der Waals surface area (Å²) in [7, 11) is -1.25. The lowest BCUT2D eigenvalue weighted by molar-refractivity contribution is -0.126. The van der Waals surface area contributed by atoms with Crippen LogP contribution in [0.15, 0.2) is 30.3 Å². The highest BCUT2D eigenvalue weighted by Crippen LogP contribution is 2.32. The Morgan fingerprint density at radius 3 is 2.10 bits per heavy atom. The van der Waals surface area contributed by atoms with Gasteiger partial charge in [0.2, 0.25) is 0 Å². The normalized spacial score (nSPS) is 14.1. The molecule has 0 aliphatic carbocycles. The zero-order chi connectivity index (χ0) is 15.4. The van der Waals surface area contributed by atoms with Crippen LogP contribution in [0, 0.1) is 5.41 Å². The molecule has 1 aromatic carbocycles. The summed E-state index contributed by atoms with van der Waals surface area (Å²) in [6.45, 7) is 13.3. The van der Waals surface area contributed by atoms with Gasteiger partial charge < -0.3 is 0 Å². The molecule has 1 unspecified atom stereocenters. The van der Waals surface area contributed by atoms with Crippen LogP contribution in [0.2, 0.25) is 25.2 Å². The maximum Gasteiger partial charge on any atom is 0.138 e. The molecule has 0 aromatic heterocycles. The predicted octanol–water partition coefficient (Wildman–Crippen LogP) is 5.33. The van der Waals surface area contributed by atoms with Gasteiger partial charge in [-0.1, -0.05) is 70.7 Å². The van der Waals surface area contributed by atoms with Crippen molar-refractivity contribution in [2.75, 3.05) is 0 Å². The smallest absolute Gasteiger partial charge is 0.138 e. The minimum Gasteiger partial charge on any atom is -0.299 e. The second kappa shape index (κ2) is 6.71. The minimum absolute atomic E-state index is 0.198. The first-order chi connectivity index (χ1) is 9.10. The third-order valence-electron chi connectivity index (χ3n) is 4.11. The molecule has 1 rings (SSSR count). The van der Waals surface area contributed by atoms with E-state index in [-0.39, 0.29) is 5.41 Å². The summed E-state index contributed by atoms with van der Waals surface area (Å²) in [4.78, 5) is 12.2. The van der Waals surface area contributed by atoms with Crippen LogP contribution in [0.3, 0.4) is 0 Å². The average Bonchev–Trinajstić information content (AvgIpc) is 2.32. The molecule has 0 saturated carbocycles. The van der Waals surface area contributed by atoms with Gasteiger partial charge in [0.05, 0.1) is 0 Å². The van der Waals surface area contributed by atoms with Gasteiger partial charge in [-0.2, -0.15) is 0 Å². The molecule has 112 valence electrons. The first kappa shape index (κ1) is 17.2. The standard InChI is InChI=1S/C18H30OSi/c1-18(2,3)17(19)13-12-16(20(4,5)6)14-15-10-8-7-9-11-15/h7-11,16H,12-14H2,1-6H3. The largest absolute Gasteiger partial charge is 0.299 e. The molecule has 1 aromatic rings. The lowest BCUT2D eigenvalue weighted by atomic mass is 9.87. The van der Waals surface area contributed by atoms with Crippen molar-refractivity contribution in [3.63, 3.8) is 0 Å². The number of ketones is 1. The van der Waals surface area contributed by atoms with E-state index in [1.54, 1.807) is 0 Å². The third kappa shape index (κ3) is 5.62. The number of rotatable bonds is 6. The Kier molecular flexibility index (Phi) is 5.75. The topological polar surface area (TPSA) is 17.1 Å². The Morgan fingerprint density at radius 1 is 1.10 bits per heavy atom. The summed E-state index contributed by atoms with van der Waals surface area (Å²) < 4.78 is 0. The Bertz CT molecular complexity index is 423. The van der Waals surface area contributed by atoms with E-state index in [1.807, 2.05) is 20.8 Å². The zero-order valence-corrected chi connectivity index (χ0v) is 15.0. The van der Waals surface area contributed by atoms with Crippen molar-refractivity contribution in [3.8, 4) is 0 Å². The minimum atomic E-state index is -1.25. The van der Waals surface area contributed by atoms with Crippen LogP contribution in [0.1, 0.15) is 39.2 Å².